The number of methoxy groups -OCH3 is 1. The molecule has 0 atom stereocenters. The first kappa shape index (κ1) is 12.3. The number of rotatable bonds is 3. The lowest BCUT2D eigenvalue weighted by Gasteiger charge is -2.40. The first-order valence-electron chi connectivity index (χ1n) is 5.73. The van der Waals surface area contributed by atoms with E-state index in [1.54, 1.807) is 12.1 Å². The number of hydrogen-bond acceptors (Lipinski definition) is 2. The fourth-order valence-electron chi connectivity index (χ4n) is 2.32. The van der Waals surface area contributed by atoms with Gasteiger partial charge in [0.1, 0.15) is 5.75 Å². The third-order valence-electron chi connectivity index (χ3n) is 3.47. The summed E-state index contributed by atoms with van der Waals surface area (Å²) in [7, 11) is 1.41. The lowest BCUT2D eigenvalue weighted by atomic mass is 9.72. The molecule has 17 heavy (non-hydrogen) atoms. The van der Waals surface area contributed by atoms with Gasteiger partial charge in [0.15, 0.2) is 0 Å². The molecule has 0 amide bonds. The van der Waals surface area contributed by atoms with Crippen LogP contribution in [0.3, 0.4) is 0 Å². The highest BCUT2D eigenvalue weighted by Crippen LogP contribution is 2.46. The van der Waals surface area contributed by atoms with Gasteiger partial charge >= 0.3 is 0 Å². The van der Waals surface area contributed by atoms with Gasteiger partial charge in [0.2, 0.25) is 0 Å². The zero-order valence-corrected chi connectivity index (χ0v) is 10.1. The minimum atomic E-state index is -2.92. The molecule has 2 rings (SSSR count). The van der Waals surface area contributed by atoms with Crippen molar-refractivity contribution in [2.24, 2.45) is 5.73 Å². The topological polar surface area (TPSA) is 35.2 Å². The summed E-state index contributed by atoms with van der Waals surface area (Å²) in [6.07, 6.45) is 2.68. The minimum Gasteiger partial charge on any atom is -0.496 e. The lowest BCUT2D eigenvalue weighted by Crippen LogP contribution is -2.43. The predicted molar refractivity (Wildman–Crippen MR) is 62.3 cm³/mol. The largest absolute Gasteiger partial charge is 0.496 e. The molecule has 1 aromatic rings. The Labute approximate surface area is 99.8 Å². The molecule has 0 bridgehead atoms. The van der Waals surface area contributed by atoms with E-state index in [4.69, 9.17) is 10.5 Å². The van der Waals surface area contributed by atoms with E-state index in [-0.39, 0.29) is 11.3 Å². The molecule has 2 nitrogen and oxygen atoms in total. The first-order chi connectivity index (χ1) is 7.88. The van der Waals surface area contributed by atoms with E-state index < -0.39 is 11.5 Å². The van der Waals surface area contributed by atoms with Gasteiger partial charge in [-0.1, -0.05) is 12.1 Å². The molecule has 1 aliphatic carbocycles. The number of ether oxygens (including phenoxy) is 1. The molecule has 0 heterocycles. The maximum Gasteiger partial charge on any atom is 0.274 e. The van der Waals surface area contributed by atoms with Gasteiger partial charge in [-0.3, -0.25) is 0 Å². The second kappa shape index (κ2) is 3.95. The van der Waals surface area contributed by atoms with Gasteiger partial charge in [0.05, 0.1) is 12.7 Å². The van der Waals surface area contributed by atoms with Crippen LogP contribution in [0.15, 0.2) is 18.2 Å². The molecule has 0 radical (unpaired) electrons. The van der Waals surface area contributed by atoms with Crippen LogP contribution in [0.4, 0.5) is 8.78 Å². The van der Waals surface area contributed by atoms with Crippen molar-refractivity contribution in [3.8, 4) is 5.75 Å². The monoisotopic (exact) mass is 241 g/mol. The van der Waals surface area contributed by atoms with Crippen molar-refractivity contribution >= 4 is 0 Å². The van der Waals surface area contributed by atoms with Crippen LogP contribution in [0.25, 0.3) is 0 Å². The summed E-state index contributed by atoms with van der Waals surface area (Å²) in [5.74, 6) is -2.68. The molecule has 2 N–H and O–H groups in total. The molecule has 1 fully saturated rings. The average molecular weight is 241 g/mol. The van der Waals surface area contributed by atoms with Crippen LogP contribution < -0.4 is 10.5 Å². The molecule has 0 saturated heterocycles. The van der Waals surface area contributed by atoms with Crippen LogP contribution in [0.5, 0.6) is 5.75 Å². The second-order valence-electron chi connectivity index (χ2n) is 4.78. The molecular weight excluding hydrogens is 224 g/mol. The van der Waals surface area contributed by atoms with Gasteiger partial charge in [0.25, 0.3) is 5.92 Å². The van der Waals surface area contributed by atoms with Crippen molar-refractivity contribution in [1.82, 2.24) is 0 Å². The van der Waals surface area contributed by atoms with E-state index in [0.717, 1.165) is 26.2 Å². The Kier molecular flexibility index (Phi) is 2.86. The molecule has 0 aliphatic heterocycles. The van der Waals surface area contributed by atoms with Crippen LogP contribution >= 0.6 is 0 Å². The summed E-state index contributed by atoms with van der Waals surface area (Å²) in [5, 5.41) is 0. The molecule has 1 aromatic carbocycles. The van der Waals surface area contributed by atoms with Gasteiger partial charge in [-0.05, 0) is 25.3 Å². The normalized spacial score (nSPS) is 18.6. The van der Waals surface area contributed by atoms with Gasteiger partial charge in [0, 0.05) is 18.0 Å². The molecule has 94 valence electrons. The predicted octanol–water partition coefficient (Wildman–Crippen LogP) is 3.14. The summed E-state index contributed by atoms with van der Waals surface area (Å²) >= 11 is 0. The molecule has 0 aromatic heterocycles. The summed E-state index contributed by atoms with van der Waals surface area (Å²) in [5.41, 5.74) is 6.30. The summed E-state index contributed by atoms with van der Waals surface area (Å²) in [6, 6.07) is 4.80. The van der Waals surface area contributed by atoms with Gasteiger partial charge < -0.3 is 10.5 Å². The number of halogens is 2. The van der Waals surface area contributed by atoms with Crippen LogP contribution in [0, 0.1) is 0 Å². The van der Waals surface area contributed by atoms with E-state index in [1.165, 1.54) is 13.2 Å². The van der Waals surface area contributed by atoms with E-state index >= 15 is 0 Å². The second-order valence-corrected chi connectivity index (χ2v) is 4.78. The molecule has 0 unspecified atom stereocenters. The van der Waals surface area contributed by atoms with E-state index in [9.17, 15) is 8.78 Å². The number of hydrogen-bond donors (Lipinski definition) is 1. The van der Waals surface area contributed by atoms with Crippen molar-refractivity contribution < 1.29 is 13.5 Å². The Morgan fingerprint density at radius 3 is 2.41 bits per heavy atom. The Morgan fingerprint density at radius 1 is 1.35 bits per heavy atom. The van der Waals surface area contributed by atoms with Crippen molar-refractivity contribution in [1.29, 1.82) is 0 Å². The Balaban J connectivity index is 2.54. The van der Waals surface area contributed by atoms with Crippen molar-refractivity contribution in [2.45, 2.75) is 37.6 Å². The molecular formula is C13H17F2NO. The Morgan fingerprint density at radius 2 is 2.00 bits per heavy atom. The van der Waals surface area contributed by atoms with E-state index in [1.807, 2.05) is 0 Å². The number of alkyl halides is 2. The van der Waals surface area contributed by atoms with Crippen molar-refractivity contribution in [2.75, 3.05) is 7.11 Å². The number of para-hydroxylation sites is 1. The fraction of sp³-hybridized carbons (Fsp3) is 0.538. The quantitative estimate of drug-likeness (QED) is 0.882. The van der Waals surface area contributed by atoms with E-state index in [2.05, 4.69) is 0 Å². The zero-order chi connectivity index (χ0) is 12.7. The highest BCUT2D eigenvalue weighted by molar-refractivity contribution is 5.48. The summed E-state index contributed by atoms with van der Waals surface area (Å²) < 4.78 is 32.1. The first-order valence-corrected chi connectivity index (χ1v) is 5.73. The fourth-order valence-corrected chi connectivity index (χ4v) is 2.32. The highest BCUT2D eigenvalue weighted by atomic mass is 19.3. The van der Waals surface area contributed by atoms with Crippen LogP contribution in [-0.2, 0) is 11.5 Å². The van der Waals surface area contributed by atoms with Gasteiger partial charge in [-0.2, -0.15) is 0 Å². The smallest absolute Gasteiger partial charge is 0.274 e. The maximum atomic E-state index is 13.5. The maximum absolute atomic E-state index is 13.5. The summed E-state index contributed by atoms with van der Waals surface area (Å²) in [4.78, 5) is 0. The third kappa shape index (κ3) is 2.02. The van der Waals surface area contributed by atoms with Gasteiger partial charge in [-0.25, -0.2) is 8.78 Å². The molecule has 1 aliphatic rings. The molecule has 0 spiro atoms. The van der Waals surface area contributed by atoms with Crippen LogP contribution in [-0.4, -0.2) is 7.11 Å². The number of benzene rings is 1. The van der Waals surface area contributed by atoms with E-state index in [0.29, 0.717) is 5.56 Å². The SMILES string of the molecule is COc1c(C(C)(F)F)cccc1C1(N)CCC1. The van der Waals surface area contributed by atoms with Crippen molar-refractivity contribution in [3.05, 3.63) is 29.3 Å². The zero-order valence-electron chi connectivity index (χ0n) is 10.1. The van der Waals surface area contributed by atoms with Gasteiger partial charge in [-0.15, -0.1) is 0 Å². The Bertz CT molecular complexity index is 422. The summed E-state index contributed by atoms with van der Waals surface area (Å²) in [6.45, 7) is 0.874. The Hall–Kier alpha value is -1.16. The van der Waals surface area contributed by atoms with Crippen LogP contribution in [0.2, 0.25) is 0 Å². The average Bonchev–Trinajstić information content (AvgIpc) is 2.23. The van der Waals surface area contributed by atoms with Crippen molar-refractivity contribution in [3.63, 3.8) is 0 Å². The van der Waals surface area contributed by atoms with Crippen LogP contribution in [0.1, 0.15) is 37.3 Å². The molecule has 4 heteroatoms. The molecule has 1 saturated carbocycles. The standard InChI is InChI=1S/C13H17F2NO/c1-12(14,15)9-5-3-6-10(11(9)17-2)13(16)7-4-8-13/h3,5-6H,4,7-8,16H2,1-2H3. The highest BCUT2D eigenvalue weighted by Gasteiger charge is 2.39. The minimum absolute atomic E-state index is 0.0887. The third-order valence-corrected chi connectivity index (χ3v) is 3.47. The number of nitrogens with two attached hydrogens (primary N) is 1. The lowest BCUT2D eigenvalue weighted by molar-refractivity contribution is 0.0146.